The molecule has 0 aliphatic carbocycles. The van der Waals surface area contributed by atoms with Crippen LogP contribution in [0, 0.1) is 5.82 Å². The van der Waals surface area contributed by atoms with Crippen LogP contribution in [0.2, 0.25) is 0 Å². The second-order valence-corrected chi connectivity index (χ2v) is 6.71. The molecule has 144 valence electrons. The van der Waals surface area contributed by atoms with E-state index in [0.717, 1.165) is 21.7 Å². The molecule has 0 saturated heterocycles. The van der Waals surface area contributed by atoms with E-state index in [4.69, 9.17) is 4.74 Å². The van der Waals surface area contributed by atoms with Crippen LogP contribution in [0.15, 0.2) is 72.8 Å². The molecule has 0 aliphatic heterocycles. The molecule has 0 bridgehead atoms. The number of Topliss-reactive ketones (excluding diaryl/α,β-unsaturated/α-hetero) is 1. The zero-order chi connectivity index (χ0) is 20.2. The summed E-state index contributed by atoms with van der Waals surface area (Å²) in [7, 11) is 0. The maximum atomic E-state index is 12.9. The standard InChI is InChI=1S/C24H18FNO3/c25-17-11-9-16(10-12-17)23(27)13-14-24(28)29-15-22-20-7-2-1-5-18(20)19-6-3-4-8-21(19)26-22/h1-12H,13-15H2. The van der Waals surface area contributed by atoms with Crippen LogP contribution in [0.5, 0.6) is 0 Å². The lowest BCUT2D eigenvalue weighted by molar-refractivity contribution is -0.144. The van der Waals surface area contributed by atoms with Gasteiger partial charge in [-0.15, -0.1) is 0 Å². The number of nitrogens with zero attached hydrogens (tertiary/aromatic N) is 1. The van der Waals surface area contributed by atoms with Crippen LogP contribution < -0.4 is 0 Å². The van der Waals surface area contributed by atoms with Crippen molar-refractivity contribution in [3.05, 3.63) is 89.9 Å². The molecule has 0 atom stereocenters. The second-order valence-electron chi connectivity index (χ2n) is 6.71. The van der Waals surface area contributed by atoms with Crippen LogP contribution in [0.4, 0.5) is 4.39 Å². The summed E-state index contributed by atoms with van der Waals surface area (Å²) in [5.41, 5.74) is 1.89. The SMILES string of the molecule is O=C(CCC(=O)c1ccc(F)cc1)OCc1nc2ccccc2c2ccccc12. The summed E-state index contributed by atoms with van der Waals surface area (Å²) >= 11 is 0. The third-order valence-electron chi connectivity index (χ3n) is 4.78. The van der Waals surface area contributed by atoms with Gasteiger partial charge in [0.2, 0.25) is 0 Å². The van der Waals surface area contributed by atoms with Gasteiger partial charge >= 0.3 is 5.97 Å². The first-order valence-corrected chi connectivity index (χ1v) is 9.32. The first-order valence-electron chi connectivity index (χ1n) is 9.32. The molecular weight excluding hydrogens is 369 g/mol. The van der Waals surface area contributed by atoms with E-state index in [-0.39, 0.29) is 25.2 Å². The Morgan fingerprint density at radius 2 is 1.45 bits per heavy atom. The van der Waals surface area contributed by atoms with Gasteiger partial charge in [0.25, 0.3) is 0 Å². The molecule has 0 amide bonds. The normalized spacial score (nSPS) is 10.9. The Balaban J connectivity index is 1.44. The number of hydrogen-bond donors (Lipinski definition) is 0. The van der Waals surface area contributed by atoms with Gasteiger partial charge in [0.05, 0.1) is 17.6 Å². The van der Waals surface area contributed by atoms with Crippen molar-refractivity contribution in [3.8, 4) is 0 Å². The summed E-state index contributed by atoms with van der Waals surface area (Å²) in [6.07, 6.45) is -0.0297. The molecule has 0 fully saturated rings. The summed E-state index contributed by atoms with van der Waals surface area (Å²) < 4.78 is 18.3. The lowest BCUT2D eigenvalue weighted by Crippen LogP contribution is -2.09. The minimum atomic E-state index is -0.473. The molecule has 1 heterocycles. The Morgan fingerprint density at radius 1 is 0.793 bits per heavy atom. The van der Waals surface area contributed by atoms with Gasteiger partial charge in [-0.25, -0.2) is 9.37 Å². The van der Waals surface area contributed by atoms with Crippen LogP contribution in [0.3, 0.4) is 0 Å². The largest absolute Gasteiger partial charge is 0.459 e. The molecule has 4 rings (SSSR count). The quantitative estimate of drug-likeness (QED) is 0.258. The van der Waals surface area contributed by atoms with E-state index in [2.05, 4.69) is 4.98 Å². The Labute approximate surface area is 166 Å². The van der Waals surface area contributed by atoms with Gasteiger partial charge in [-0.05, 0) is 35.7 Å². The minimum absolute atomic E-state index is 0.0103. The highest BCUT2D eigenvalue weighted by Crippen LogP contribution is 2.26. The van der Waals surface area contributed by atoms with Crippen molar-refractivity contribution in [2.24, 2.45) is 0 Å². The number of esters is 1. The Bertz CT molecular complexity index is 1200. The molecule has 4 nitrogen and oxygen atoms in total. The van der Waals surface area contributed by atoms with Gasteiger partial charge in [-0.3, -0.25) is 9.59 Å². The van der Waals surface area contributed by atoms with E-state index in [1.165, 1.54) is 24.3 Å². The highest BCUT2D eigenvalue weighted by Gasteiger charge is 2.13. The van der Waals surface area contributed by atoms with Gasteiger partial charge in [-0.2, -0.15) is 0 Å². The first-order chi connectivity index (χ1) is 14.1. The van der Waals surface area contributed by atoms with Crippen molar-refractivity contribution in [2.75, 3.05) is 0 Å². The molecular formula is C24H18FNO3. The van der Waals surface area contributed by atoms with Crippen molar-refractivity contribution in [1.82, 2.24) is 4.98 Å². The third-order valence-corrected chi connectivity index (χ3v) is 4.78. The van der Waals surface area contributed by atoms with E-state index in [1.807, 2.05) is 48.5 Å². The van der Waals surface area contributed by atoms with Gasteiger partial charge < -0.3 is 4.74 Å². The van der Waals surface area contributed by atoms with Crippen LogP contribution in [-0.4, -0.2) is 16.7 Å². The van der Waals surface area contributed by atoms with Crippen LogP contribution in [0.1, 0.15) is 28.9 Å². The fourth-order valence-electron chi connectivity index (χ4n) is 3.30. The number of para-hydroxylation sites is 1. The van der Waals surface area contributed by atoms with Crippen molar-refractivity contribution in [1.29, 1.82) is 0 Å². The molecule has 5 heteroatoms. The van der Waals surface area contributed by atoms with Crippen molar-refractivity contribution in [3.63, 3.8) is 0 Å². The van der Waals surface area contributed by atoms with Crippen molar-refractivity contribution < 1.29 is 18.7 Å². The molecule has 29 heavy (non-hydrogen) atoms. The molecule has 1 aromatic heterocycles. The van der Waals surface area contributed by atoms with E-state index in [0.29, 0.717) is 11.3 Å². The highest BCUT2D eigenvalue weighted by atomic mass is 19.1. The van der Waals surface area contributed by atoms with Crippen molar-refractivity contribution >= 4 is 33.4 Å². The maximum Gasteiger partial charge on any atom is 0.306 e. The molecule has 0 aliphatic rings. The number of halogens is 1. The average Bonchev–Trinajstić information content (AvgIpc) is 2.76. The Morgan fingerprint density at radius 3 is 2.21 bits per heavy atom. The summed E-state index contributed by atoms with van der Waals surface area (Å²) in [6.45, 7) is 0.0366. The zero-order valence-electron chi connectivity index (χ0n) is 15.6. The summed E-state index contributed by atoms with van der Waals surface area (Å²) in [5, 5.41) is 3.03. The summed E-state index contributed by atoms with van der Waals surface area (Å²) in [4.78, 5) is 28.9. The van der Waals surface area contributed by atoms with Gasteiger partial charge in [0, 0.05) is 22.8 Å². The topological polar surface area (TPSA) is 56.3 Å². The fraction of sp³-hybridized carbons (Fsp3) is 0.125. The van der Waals surface area contributed by atoms with Gasteiger partial charge in [-0.1, -0.05) is 42.5 Å². The summed E-state index contributed by atoms with van der Waals surface area (Å²) in [5.74, 6) is -1.10. The predicted molar refractivity (Wildman–Crippen MR) is 109 cm³/mol. The molecule has 3 aromatic carbocycles. The maximum absolute atomic E-state index is 12.9. The number of aromatic nitrogens is 1. The fourth-order valence-corrected chi connectivity index (χ4v) is 3.30. The van der Waals surface area contributed by atoms with Crippen LogP contribution in [-0.2, 0) is 16.1 Å². The van der Waals surface area contributed by atoms with E-state index < -0.39 is 11.8 Å². The molecule has 0 N–H and O–H groups in total. The first kappa shape index (κ1) is 18.7. The second kappa shape index (κ2) is 8.19. The van der Waals surface area contributed by atoms with E-state index in [1.54, 1.807) is 0 Å². The highest BCUT2D eigenvalue weighted by molar-refractivity contribution is 6.06. The molecule has 0 spiro atoms. The Kier molecular flexibility index (Phi) is 5.29. The lowest BCUT2D eigenvalue weighted by Gasteiger charge is -2.10. The summed E-state index contributed by atoms with van der Waals surface area (Å²) in [6, 6.07) is 21.0. The van der Waals surface area contributed by atoms with Crippen molar-refractivity contribution in [2.45, 2.75) is 19.4 Å². The number of benzene rings is 3. The number of ether oxygens (including phenoxy) is 1. The van der Waals surface area contributed by atoms with Gasteiger partial charge in [0.1, 0.15) is 12.4 Å². The lowest BCUT2D eigenvalue weighted by atomic mass is 10.0. The van der Waals surface area contributed by atoms with Gasteiger partial charge in [0.15, 0.2) is 5.78 Å². The number of ketones is 1. The number of carbonyl (C=O) groups excluding carboxylic acids is 2. The monoisotopic (exact) mass is 387 g/mol. The smallest absolute Gasteiger partial charge is 0.306 e. The van der Waals surface area contributed by atoms with Crippen LogP contribution in [0.25, 0.3) is 21.7 Å². The van der Waals surface area contributed by atoms with E-state index in [9.17, 15) is 14.0 Å². The predicted octanol–water partition coefficient (Wildman–Crippen LogP) is 5.23. The average molecular weight is 387 g/mol. The minimum Gasteiger partial charge on any atom is -0.459 e. The molecule has 4 aromatic rings. The zero-order valence-corrected chi connectivity index (χ0v) is 15.6. The van der Waals surface area contributed by atoms with E-state index >= 15 is 0 Å². The molecule has 0 radical (unpaired) electrons. The molecule has 0 saturated carbocycles. The number of rotatable bonds is 6. The number of hydrogen-bond acceptors (Lipinski definition) is 4. The van der Waals surface area contributed by atoms with Crippen LogP contribution >= 0.6 is 0 Å². The number of pyridine rings is 1. The third kappa shape index (κ3) is 4.14. The Hall–Kier alpha value is -3.60. The molecule has 0 unspecified atom stereocenters. The number of fused-ring (bicyclic) bond motifs is 3. The number of carbonyl (C=O) groups is 2.